The molecule has 1 aromatic carbocycles. The molecular formula is C13H19NO4. The smallest absolute Gasteiger partial charge is 0.407 e. The number of amides is 1. The lowest BCUT2D eigenvalue weighted by molar-refractivity contribution is 0.0861. The van der Waals surface area contributed by atoms with Crippen molar-refractivity contribution >= 4 is 6.09 Å². The maximum Gasteiger partial charge on any atom is 0.407 e. The van der Waals surface area contributed by atoms with E-state index in [0.29, 0.717) is 19.4 Å². The van der Waals surface area contributed by atoms with E-state index in [2.05, 4.69) is 5.32 Å². The number of aliphatic hydroxyl groups excluding tert-OH is 2. The summed E-state index contributed by atoms with van der Waals surface area (Å²) in [6.45, 7) is 0.412. The Morgan fingerprint density at radius 3 is 2.72 bits per heavy atom. The second-order valence-electron chi connectivity index (χ2n) is 3.97. The van der Waals surface area contributed by atoms with Crippen LogP contribution in [0.25, 0.3) is 0 Å². The summed E-state index contributed by atoms with van der Waals surface area (Å²) >= 11 is 0. The SMILES string of the molecule is O=C(NCCCC(O)CO)OCc1ccccc1. The molecule has 0 radical (unpaired) electrons. The molecule has 0 saturated heterocycles. The topological polar surface area (TPSA) is 78.8 Å². The first kappa shape index (κ1) is 14.5. The van der Waals surface area contributed by atoms with Crippen LogP contribution < -0.4 is 5.32 Å². The molecule has 0 heterocycles. The molecule has 0 aliphatic heterocycles. The molecule has 0 aromatic heterocycles. The Morgan fingerprint density at radius 2 is 2.06 bits per heavy atom. The van der Waals surface area contributed by atoms with Crippen molar-refractivity contribution in [2.45, 2.75) is 25.6 Å². The molecule has 1 amide bonds. The molecule has 1 unspecified atom stereocenters. The summed E-state index contributed by atoms with van der Waals surface area (Å²) in [6.07, 6.45) is -0.137. The van der Waals surface area contributed by atoms with E-state index in [1.165, 1.54) is 0 Å². The number of carbonyl (C=O) groups excluding carboxylic acids is 1. The highest BCUT2D eigenvalue weighted by Gasteiger charge is 2.04. The zero-order valence-corrected chi connectivity index (χ0v) is 10.2. The van der Waals surface area contributed by atoms with Gasteiger partial charge in [-0.2, -0.15) is 0 Å². The Kier molecular flexibility index (Phi) is 6.83. The molecule has 5 nitrogen and oxygen atoms in total. The van der Waals surface area contributed by atoms with Crippen LogP contribution in [0.2, 0.25) is 0 Å². The highest BCUT2D eigenvalue weighted by Crippen LogP contribution is 2.00. The molecule has 0 bridgehead atoms. The third kappa shape index (κ3) is 6.22. The van der Waals surface area contributed by atoms with E-state index in [0.717, 1.165) is 5.56 Å². The fourth-order valence-corrected chi connectivity index (χ4v) is 1.39. The van der Waals surface area contributed by atoms with Crippen molar-refractivity contribution in [1.29, 1.82) is 0 Å². The molecule has 0 fully saturated rings. The molecule has 0 aliphatic carbocycles. The second-order valence-corrected chi connectivity index (χ2v) is 3.97. The number of alkyl carbamates (subject to hydrolysis) is 1. The molecule has 18 heavy (non-hydrogen) atoms. The molecular weight excluding hydrogens is 234 g/mol. The molecule has 0 saturated carbocycles. The maximum atomic E-state index is 11.3. The number of rotatable bonds is 7. The first-order chi connectivity index (χ1) is 8.72. The number of aliphatic hydroxyl groups is 2. The van der Waals surface area contributed by atoms with Crippen molar-refractivity contribution in [3.63, 3.8) is 0 Å². The highest BCUT2D eigenvalue weighted by molar-refractivity contribution is 5.67. The van der Waals surface area contributed by atoms with Gasteiger partial charge in [0.2, 0.25) is 0 Å². The van der Waals surface area contributed by atoms with Crippen LogP contribution in [0.4, 0.5) is 4.79 Å². The first-order valence-corrected chi connectivity index (χ1v) is 5.96. The van der Waals surface area contributed by atoms with Crippen LogP contribution in [0.5, 0.6) is 0 Å². The number of hydrogen-bond acceptors (Lipinski definition) is 4. The molecule has 5 heteroatoms. The van der Waals surface area contributed by atoms with E-state index in [4.69, 9.17) is 14.9 Å². The van der Waals surface area contributed by atoms with Crippen molar-refractivity contribution in [3.05, 3.63) is 35.9 Å². The Hall–Kier alpha value is -1.59. The first-order valence-electron chi connectivity index (χ1n) is 5.96. The third-order valence-electron chi connectivity index (χ3n) is 2.41. The van der Waals surface area contributed by atoms with Crippen LogP contribution in [0.15, 0.2) is 30.3 Å². The fourth-order valence-electron chi connectivity index (χ4n) is 1.39. The summed E-state index contributed by atoms with van der Waals surface area (Å²) in [5.41, 5.74) is 0.934. The molecule has 100 valence electrons. The zero-order chi connectivity index (χ0) is 13.2. The number of benzene rings is 1. The van der Waals surface area contributed by atoms with Gasteiger partial charge in [0.05, 0.1) is 12.7 Å². The Morgan fingerprint density at radius 1 is 1.33 bits per heavy atom. The second kappa shape index (κ2) is 8.49. The van der Waals surface area contributed by atoms with E-state index in [1.807, 2.05) is 30.3 Å². The van der Waals surface area contributed by atoms with Gasteiger partial charge in [0, 0.05) is 6.54 Å². The predicted octanol–water partition coefficient (Wildman–Crippen LogP) is 1.05. The van der Waals surface area contributed by atoms with Crippen LogP contribution in [0.1, 0.15) is 18.4 Å². The normalized spacial score (nSPS) is 11.9. The molecule has 0 aliphatic rings. The third-order valence-corrected chi connectivity index (χ3v) is 2.41. The number of hydrogen-bond donors (Lipinski definition) is 3. The highest BCUT2D eigenvalue weighted by atomic mass is 16.5. The standard InChI is InChI=1S/C13H19NO4/c15-9-12(16)7-4-8-14-13(17)18-10-11-5-2-1-3-6-11/h1-3,5-6,12,15-16H,4,7-10H2,(H,14,17). The van der Waals surface area contributed by atoms with E-state index in [-0.39, 0.29) is 13.2 Å². The van der Waals surface area contributed by atoms with Gasteiger partial charge in [0.25, 0.3) is 0 Å². The summed E-state index contributed by atoms with van der Waals surface area (Å²) in [5, 5.41) is 20.3. The maximum absolute atomic E-state index is 11.3. The fraction of sp³-hybridized carbons (Fsp3) is 0.462. The van der Waals surface area contributed by atoms with Crippen molar-refractivity contribution in [2.24, 2.45) is 0 Å². The predicted molar refractivity (Wildman–Crippen MR) is 67.0 cm³/mol. The number of nitrogens with one attached hydrogen (secondary N) is 1. The molecule has 1 atom stereocenters. The lowest BCUT2D eigenvalue weighted by atomic mass is 10.2. The molecule has 1 rings (SSSR count). The van der Waals surface area contributed by atoms with Crippen molar-refractivity contribution < 1.29 is 19.7 Å². The summed E-state index contributed by atoms with van der Waals surface area (Å²) < 4.78 is 5.00. The summed E-state index contributed by atoms with van der Waals surface area (Å²) in [7, 11) is 0. The monoisotopic (exact) mass is 253 g/mol. The van der Waals surface area contributed by atoms with Gasteiger partial charge in [-0.15, -0.1) is 0 Å². The van der Waals surface area contributed by atoms with Gasteiger partial charge in [0.1, 0.15) is 6.61 Å². The van der Waals surface area contributed by atoms with Gasteiger partial charge in [-0.1, -0.05) is 30.3 Å². The van der Waals surface area contributed by atoms with Crippen LogP contribution in [0, 0.1) is 0 Å². The zero-order valence-electron chi connectivity index (χ0n) is 10.2. The lowest BCUT2D eigenvalue weighted by Crippen LogP contribution is -2.26. The summed E-state index contributed by atoms with van der Waals surface area (Å²) in [5.74, 6) is 0. The van der Waals surface area contributed by atoms with Gasteiger partial charge in [-0.3, -0.25) is 0 Å². The Balaban J connectivity index is 2.07. The van der Waals surface area contributed by atoms with Gasteiger partial charge >= 0.3 is 6.09 Å². The average molecular weight is 253 g/mol. The largest absolute Gasteiger partial charge is 0.445 e. The van der Waals surface area contributed by atoms with Crippen molar-refractivity contribution in [3.8, 4) is 0 Å². The number of ether oxygens (including phenoxy) is 1. The van der Waals surface area contributed by atoms with Gasteiger partial charge < -0.3 is 20.3 Å². The van der Waals surface area contributed by atoms with Gasteiger partial charge in [0.15, 0.2) is 0 Å². The van der Waals surface area contributed by atoms with E-state index in [9.17, 15) is 4.79 Å². The Bertz CT molecular complexity index is 342. The van der Waals surface area contributed by atoms with Crippen LogP contribution in [-0.4, -0.2) is 35.6 Å². The van der Waals surface area contributed by atoms with E-state index in [1.54, 1.807) is 0 Å². The molecule has 1 aromatic rings. The summed E-state index contributed by atoms with van der Waals surface area (Å²) in [6, 6.07) is 9.42. The van der Waals surface area contributed by atoms with Gasteiger partial charge in [-0.05, 0) is 18.4 Å². The van der Waals surface area contributed by atoms with Crippen molar-refractivity contribution in [2.75, 3.05) is 13.2 Å². The van der Waals surface area contributed by atoms with Crippen LogP contribution in [-0.2, 0) is 11.3 Å². The minimum Gasteiger partial charge on any atom is -0.445 e. The minimum absolute atomic E-state index is 0.242. The van der Waals surface area contributed by atoms with Gasteiger partial charge in [-0.25, -0.2) is 4.79 Å². The average Bonchev–Trinajstić information content (AvgIpc) is 2.42. The molecule has 3 N–H and O–H groups in total. The summed E-state index contributed by atoms with van der Waals surface area (Å²) in [4.78, 5) is 11.3. The van der Waals surface area contributed by atoms with Crippen LogP contribution in [0.3, 0.4) is 0 Å². The Labute approximate surface area is 106 Å². The number of carbonyl (C=O) groups is 1. The van der Waals surface area contributed by atoms with Crippen LogP contribution >= 0.6 is 0 Å². The van der Waals surface area contributed by atoms with E-state index >= 15 is 0 Å². The van der Waals surface area contributed by atoms with Crippen molar-refractivity contribution in [1.82, 2.24) is 5.32 Å². The lowest BCUT2D eigenvalue weighted by Gasteiger charge is -2.08. The molecule has 0 spiro atoms. The minimum atomic E-state index is -0.716. The quantitative estimate of drug-likeness (QED) is 0.635. The van der Waals surface area contributed by atoms with E-state index < -0.39 is 12.2 Å².